The molecule has 0 fully saturated rings. The molecule has 1 aromatic heterocycles. The number of hydrogen-bond donors (Lipinski definition) is 3. The lowest BCUT2D eigenvalue weighted by atomic mass is 10.1. The van der Waals surface area contributed by atoms with Crippen molar-refractivity contribution < 1.29 is 23.1 Å². The predicted octanol–water partition coefficient (Wildman–Crippen LogP) is 4.71. The van der Waals surface area contributed by atoms with Crippen LogP contribution < -0.4 is 5.32 Å². The number of nitrogens with zero attached hydrogens (tertiary/aromatic N) is 1. The number of carbonyl (C=O) groups excluding carboxylic acids is 1. The molecular formula is C17H11ClF3N3O2. The van der Waals surface area contributed by atoms with Crippen LogP contribution in [0.25, 0.3) is 11.3 Å². The summed E-state index contributed by atoms with van der Waals surface area (Å²) in [6, 6.07) is 9.98. The van der Waals surface area contributed by atoms with Gasteiger partial charge in [-0.2, -0.15) is 18.3 Å². The number of nitrogens with one attached hydrogen (secondary N) is 2. The molecule has 3 N–H and O–H groups in total. The lowest BCUT2D eigenvalue weighted by Crippen LogP contribution is -2.13. The lowest BCUT2D eigenvalue weighted by molar-refractivity contribution is -0.137. The van der Waals surface area contributed by atoms with Gasteiger partial charge in [0.1, 0.15) is 11.4 Å². The molecule has 5 nitrogen and oxygen atoms in total. The SMILES string of the molecule is O=C(Nc1cccc(C(F)(F)F)c1)c1cc(-c2cc(Cl)ccc2O)n[nH]1. The van der Waals surface area contributed by atoms with E-state index in [1.165, 1.54) is 36.4 Å². The van der Waals surface area contributed by atoms with Gasteiger partial charge in [-0.3, -0.25) is 9.89 Å². The molecule has 0 saturated heterocycles. The number of phenolic OH excluding ortho intramolecular Hbond substituents is 1. The van der Waals surface area contributed by atoms with Crippen LogP contribution in [-0.2, 0) is 6.18 Å². The second-order valence-corrected chi connectivity index (χ2v) is 5.80. The van der Waals surface area contributed by atoms with Gasteiger partial charge in [0.15, 0.2) is 0 Å². The Balaban J connectivity index is 1.82. The third-order valence-electron chi connectivity index (χ3n) is 3.50. The van der Waals surface area contributed by atoms with E-state index < -0.39 is 17.6 Å². The summed E-state index contributed by atoms with van der Waals surface area (Å²) in [6.45, 7) is 0. The molecular weight excluding hydrogens is 371 g/mol. The maximum atomic E-state index is 12.7. The number of amides is 1. The summed E-state index contributed by atoms with van der Waals surface area (Å²) in [5.41, 5.74) is -0.293. The van der Waals surface area contributed by atoms with Gasteiger partial charge >= 0.3 is 6.18 Å². The van der Waals surface area contributed by atoms with Crippen LogP contribution in [0.15, 0.2) is 48.5 Å². The number of benzene rings is 2. The molecule has 0 unspecified atom stereocenters. The standard InChI is InChI=1S/C17H11ClF3N3O2/c18-10-4-5-15(25)12(7-10)13-8-14(24-23-13)16(26)22-11-3-1-2-9(6-11)17(19,20)21/h1-8,25H,(H,22,26)(H,23,24). The number of alkyl halides is 3. The minimum absolute atomic E-state index is 0.00780. The predicted molar refractivity (Wildman–Crippen MR) is 90.1 cm³/mol. The maximum absolute atomic E-state index is 12.7. The van der Waals surface area contributed by atoms with Gasteiger partial charge in [0.05, 0.1) is 11.3 Å². The number of carbonyl (C=O) groups is 1. The van der Waals surface area contributed by atoms with Crippen LogP contribution in [0.1, 0.15) is 16.1 Å². The van der Waals surface area contributed by atoms with E-state index in [0.29, 0.717) is 10.6 Å². The zero-order valence-electron chi connectivity index (χ0n) is 12.9. The van der Waals surface area contributed by atoms with Crippen LogP contribution in [0.5, 0.6) is 5.75 Å². The average molecular weight is 382 g/mol. The fourth-order valence-electron chi connectivity index (χ4n) is 2.26. The van der Waals surface area contributed by atoms with Gasteiger partial charge in [0.25, 0.3) is 5.91 Å². The first-order valence-electron chi connectivity index (χ1n) is 7.27. The first kappa shape index (κ1) is 17.8. The Kier molecular flexibility index (Phi) is 4.60. The molecule has 0 saturated carbocycles. The molecule has 0 aliphatic heterocycles. The molecule has 0 aliphatic rings. The lowest BCUT2D eigenvalue weighted by Gasteiger charge is -2.09. The van der Waals surface area contributed by atoms with Crippen molar-refractivity contribution in [1.82, 2.24) is 10.2 Å². The number of halogens is 4. The minimum atomic E-state index is -4.51. The van der Waals surface area contributed by atoms with E-state index in [4.69, 9.17) is 11.6 Å². The van der Waals surface area contributed by atoms with Crippen LogP contribution in [0.3, 0.4) is 0 Å². The topological polar surface area (TPSA) is 78.0 Å². The van der Waals surface area contributed by atoms with E-state index >= 15 is 0 Å². The van der Waals surface area contributed by atoms with Crippen molar-refractivity contribution in [2.24, 2.45) is 0 Å². The Morgan fingerprint density at radius 1 is 1.15 bits per heavy atom. The van der Waals surface area contributed by atoms with Crippen molar-refractivity contribution in [2.45, 2.75) is 6.18 Å². The van der Waals surface area contributed by atoms with E-state index in [1.54, 1.807) is 0 Å². The minimum Gasteiger partial charge on any atom is -0.507 e. The number of aromatic hydroxyl groups is 1. The van der Waals surface area contributed by atoms with Crippen molar-refractivity contribution >= 4 is 23.2 Å². The smallest absolute Gasteiger partial charge is 0.416 e. The van der Waals surface area contributed by atoms with Crippen LogP contribution >= 0.6 is 11.6 Å². The molecule has 9 heteroatoms. The summed E-state index contributed by atoms with van der Waals surface area (Å²) in [4.78, 5) is 12.2. The normalized spacial score (nSPS) is 11.4. The molecule has 134 valence electrons. The van der Waals surface area contributed by atoms with E-state index in [9.17, 15) is 23.1 Å². The largest absolute Gasteiger partial charge is 0.507 e. The number of hydrogen-bond acceptors (Lipinski definition) is 3. The molecule has 0 bridgehead atoms. The molecule has 1 heterocycles. The Morgan fingerprint density at radius 3 is 2.65 bits per heavy atom. The van der Waals surface area contributed by atoms with E-state index in [2.05, 4.69) is 15.5 Å². The molecule has 0 radical (unpaired) electrons. The average Bonchev–Trinajstić information content (AvgIpc) is 3.06. The van der Waals surface area contributed by atoms with Crippen LogP contribution in [0.4, 0.5) is 18.9 Å². The van der Waals surface area contributed by atoms with E-state index in [0.717, 1.165) is 12.1 Å². The molecule has 26 heavy (non-hydrogen) atoms. The Labute approximate surface area is 150 Å². The molecule has 3 aromatic rings. The summed E-state index contributed by atoms with van der Waals surface area (Å²) >= 11 is 5.87. The van der Waals surface area contributed by atoms with Gasteiger partial charge in [0, 0.05) is 16.3 Å². The molecule has 1 amide bonds. The van der Waals surface area contributed by atoms with Gasteiger partial charge in [-0.1, -0.05) is 17.7 Å². The van der Waals surface area contributed by atoms with Gasteiger partial charge in [-0.05, 0) is 42.5 Å². The fourth-order valence-corrected chi connectivity index (χ4v) is 2.43. The second-order valence-electron chi connectivity index (χ2n) is 5.36. The summed E-state index contributed by atoms with van der Waals surface area (Å²) in [6.07, 6.45) is -4.51. The Morgan fingerprint density at radius 2 is 1.92 bits per heavy atom. The maximum Gasteiger partial charge on any atom is 0.416 e. The van der Waals surface area contributed by atoms with Crippen molar-refractivity contribution in [3.63, 3.8) is 0 Å². The zero-order valence-corrected chi connectivity index (χ0v) is 13.7. The highest BCUT2D eigenvalue weighted by molar-refractivity contribution is 6.31. The first-order chi connectivity index (χ1) is 12.2. The van der Waals surface area contributed by atoms with Gasteiger partial charge in [0.2, 0.25) is 0 Å². The molecule has 0 atom stereocenters. The van der Waals surface area contributed by atoms with Crippen molar-refractivity contribution in [3.05, 3.63) is 64.8 Å². The van der Waals surface area contributed by atoms with Crippen LogP contribution in [0, 0.1) is 0 Å². The molecule has 0 aliphatic carbocycles. The number of phenols is 1. The monoisotopic (exact) mass is 381 g/mol. The van der Waals surface area contributed by atoms with Crippen molar-refractivity contribution in [2.75, 3.05) is 5.32 Å². The number of rotatable bonds is 3. The highest BCUT2D eigenvalue weighted by Crippen LogP contribution is 2.32. The summed E-state index contributed by atoms with van der Waals surface area (Å²) in [5, 5.41) is 19.0. The number of aromatic amines is 1. The fraction of sp³-hybridized carbons (Fsp3) is 0.0588. The Hall–Kier alpha value is -3.00. The number of H-pyrrole nitrogens is 1. The van der Waals surface area contributed by atoms with E-state index in [1.807, 2.05) is 0 Å². The Bertz CT molecular complexity index is 970. The van der Waals surface area contributed by atoms with Gasteiger partial charge in [-0.25, -0.2) is 0 Å². The molecule has 2 aromatic carbocycles. The van der Waals surface area contributed by atoms with Gasteiger partial charge in [-0.15, -0.1) is 0 Å². The van der Waals surface area contributed by atoms with Gasteiger partial charge < -0.3 is 10.4 Å². The van der Waals surface area contributed by atoms with Crippen molar-refractivity contribution in [1.29, 1.82) is 0 Å². The number of aromatic nitrogens is 2. The zero-order chi connectivity index (χ0) is 18.9. The van der Waals surface area contributed by atoms with Crippen LogP contribution in [-0.4, -0.2) is 21.2 Å². The first-order valence-corrected chi connectivity index (χ1v) is 7.65. The quantitative estimate of drug-likeness (QED) is 0.615. The highest BCUT2D eigenvalue weighted by Gasteiger charge is 2.30. The molecule has 3 rings (SSSR count). The van der Waals surface area contributed by atoms with Crippen molar-refractivity contribution in [3.8, 4) is 17.0 Å². The molecule has 0 spiro atoms. The van der Waals surface area contributed by atoms with E-state index in [-0.39, 0.29) is 22.8 Å². The second kappa shape index (κ2) is 6.72. The summed E-state index contributed by atoms with van der Waals surface area (Å²) < 4.78 is 38.2. The third-order valence-corrected chi connectivity index (χ3v) is 3.74. The summed E-state index contributed by atoms with van der Waals surface area (Å²) in [5.74, 6) is -0.754. The summed E-state index contributed by atoms with van der Waals surface area (Å²) in [7, 11) is 0. The number of anilines is 1. The highest BCUT2D eigenvalue weighted by atomic mass is 35.5. The third kappa shape index (κ3) is 3.80. The van der Waals surface area contributed by atoms with Crippen LogP contribution in [0.2, 0.25) is 5.02 Å².